The van der Waals surface area contributed by atoms with Crippen LogP contribution in [0.25, 0.3) is 0 Å². The van der Waals surface area contributed by atoms with Gasteiger partial charge in [-0.25, -0.2) is 13.2 Å². The van der Waals surface area contributed by atoms with E-state index in [9.17, 15) is 18.0 Å². The fourth-order valence-electron chi connectivity index (χ4n) is 2.06. The first-order valence-corrected chi connectivity index (χ1v) is 9.02. The minimum absolute atomic E-state index is 0.00528. The van der Waals surface area contributed by atoms with Gasteiger partial charge in [0.2, 0.25) is 15.0 Å². The normalized spacial score (nSPS) is 18.9. The third-order valence-electron chi connectivity index (χ3n) is 3.16. The number of carbonyl (C=O) groups is 2. The summed E-state index contributed by atoms with van der Waals surface area (Å²) in [5.41, 5.74) is 0.803. The van der Waals surface area contributed by atoms with Crippen molar-refractivity contribution in [3.8, 4) is 0 Å². The molecule has 1 aromatic carbocycles. The van der Waals surface area contributed by atoms with E-state index in [0.29, 0.717) is 15.7 Å². The number of esters is 1. The Morgan fingerprint density at radius 3 is 2.62 bits per heavy atom. The van der Waals surface area contributed by atoms with Crippen molar-refractivity contribution in [2.45, 2.75) is 11.7 Å². The second-order valence-electron chi connectivity index (χ2n) is 4.46. The second-order valence-corrected chi connectivity index (χ2v) is 8.22. The van der Waals surface area contributed by atoms with Crippen LogP contribution in [-0.4, -0.2) is 39.2 Å². The van der Waals surface area contributed by atoms with Gasteiger partial charge in [0.15, 0.2) is 0 Å². The van der Waals surface area contributed by atoms with Crippen LogP contribution >= 0.6 is 26.6 Å². The molecule has 0 N–H and O–H groups in total. The third-order valence-corrected chi connectivity index (χ3v) is 5.68. The molecule has 1 aromatic rings. The summed E-state index contributed by atoms with van der Waals surface area (Å²) in [4.78, 5) is 24.7. The van der Waals surface area contributed by atoms with Gasteiger partial charge in [0, 0.05) is 33.8 Å². The molecule has 1 saturated heterocycles. The van der Waals surface area contributed by atoms with E-state index in [2.05, 4.69) is 20.7 Å². The van der Waals surface area contributed by atoms with Gasteiger partial charge < -0.3 is 9.64 Å². The van der Waals surface area contributed by atoms with Gasteiger partial charge in [0.05, 0.1) is 12.7 Å². The highest BCUT2D eigenvalue weighted by Gasteiger charge is 2.38. The lowest BCUT2D eigenvalue weighted by molar-refractivity contribution is -0.117. The molecule has 21 heavy (non-hydrogen) atoms. The third kappa shape index (κ3) is 3.38. The molecule has 0 spiro atoms. The smallest absolute Gasteiger partial charge is 0.339 e. The molecule has 2 rings (SSSR count). The van der Waals surface area contributed by atoms with Gasteiger partial charge in [0.25, 0.3) is 0 Å². The van der Waals surface area contributed by atoms with Gasteiger partial charge in [-0.3, -0.25) is 4.79 Å². The van der Waals surface area contributed by atoms with E-state index in [0.717, 1.165) is 0 Å². The lowest BCUT2D eigenvalue weighted by atomic mass is 10.2. The first kappa shape index (κ1) is 16.3. The maximum atomic E-state index is 11.9. The number of benzene rings is 1. The number of carbonyl (C=O) groups excluding carboxylic acids is 2. The van der Waals surface area contributed by atoms with Gasteiger partial charge in [-0.1, -0.05) is 0 Å². The van der Waals surface area contributed by atoms with Gasteiger partial charge in [-0.15, -0.1) is 0 Å². The summed E-state index contributed by atoms with van der Waals surface area (Å²) in [6.45, 7) is -0.00528. The molecule has 9 heteroatoms. The fourth-order valence-corrected chi connectivity index (χ4v) is 3.62. The molecule has 0 saturated carbocycles. The van der Waals surface area contributed by atoms with Crippen LogP contribution in [0.3, 0.4) is 0 Å². The first-order chi connectivity index (χ1) is 9.74. The summed E-state index contributed by atoms with van der Waals surface area (Å²) in [7, 11) is 2.78. The Labute approximate surface area is 134 Å². The van der Waals surface area contributed by atoms with Crippen LogP contribution in [0.2, 0.25) is 0 Å². The summed E-state index contributed by atoms with van der Waals surface area (Å²) in [6, 6.07) is 4.62. The topological polar surface area (TPSA) is 80.8 Å². The average Bonchev–Trinajstić information content (AvgIpc) is 2.80. The minimum Gasteiger partial charge on any atom is -0.465 e. The molecular formula is C12H11BrClNO5S. The van der Waals surface area contributed by atoms with Gasteiger partial charge >= 0.3 is 5.97 Å². The number of hydrogen-bond donors (Lipinski definition) is 0. The summed E-state index contributed by atoms with van der Waals surface area (Å²) in [5, 5.41) is -0.925. The van der Waals surface area contributed by atoms with Crippen molar-refractivity contribution in [2.75, 3.05) is 18.6 Å². The van der Waals surface area contributed by atoms with E-state index < -0.39 is 20.3 Å². The Morgan fingerprint density at radius 1 is 1.48 bits per heavy atom. The zero-order chi connectivity index (χ0) is 15.8. The van der Waals surface area contributed by atoms with Crippen LogP contribution in [0.15, 0.2) is 22.7 Å². The fraction of sp³-hybridized carbons (Fsp3) is 0.333. The van der Waals surface area contributed by atoms with Crippen molar-refractivity contribution in [3.63, 3.8) is 0 Å². The number of amides is 1. The molecule has 1 fully saturated rings. The molecule has 1 atom stereocenters. The number of nitrogens with zero attached hydrogens (tertiary/aromatic N) is 1. The van der Waals surface area contributed by atoms with Crippen LogP contribution in [0.4, 0.5) is 5.69 Å². The van der Waals surface area contributed by atoms with E-state index in [1.54, 1.807) is 12.1 Å². The second kappa shape index (κ2) is 5.94. The molecule has 0 aliphatic carbocycles. The molecule has 0 aromatic heterocycles. The number of ether oxygens (including phenoxy) is 1. The quantitative estimate of drug-likeness (QED) is 0.576. The molecule has 1 aliphatic rings. The maximum Gasteiger partial charge on any atom is 0.339 e. The Bertz CT molecular complexity index is 706. The predicted octanol–water partition coefficient (Wildman–Crippen LogP) is 1.91. The predicted molar refractivity (Wildman–Crippen MR) is 81.0 cm³/mol. The van der Waals surface area contributed by atoms with Crippen molar-refractivity contribution in [3.05, 3.63) is 28.2 Å². The Hall–Kier alpha value is -1.12. The zero-order valence-corrected chi connectivity index (χ0v) is 14.0. The lowest BCUT2D eigenvalue weighted by Gasteiger charge is -2.17. The SMILES string of the molecule is COC(=O)c1ccc(N2CC(S(=O)(=O)Cl)CC2=O)cc1Br. The van der Waals surface area contributed by atoms with Gasteiger partial charge in [-0.2, -0.15) is 0 Å². The van der Waals surface area contributed by atoms with Crippen molar-refractivity contribution >= 4 is 53.2 Å². The summed E-state index contributed by atoms with van der Waals surface area (Å²) in [6.07, 6.45) is -0.151. The highest BCUT2D eigenvalue weighted by Crippen LogP contribution is 2.30. The summed E-state index contributed by atoms with van der Waals surface area (Å²) < 4.78 is 27.7. The van der Waals surface area contributed by atoms with Crippen LogP contribution in [0, 0.1) is 0 Å². The molecule has 114 valence electrons. The number of rotatable bonds is 3. The summed E-state index contributed by atoms with van der Waals surface area (Å²) >= 11 is 3.23. The van der Waals surface area contributed by atoms with Crippen molar-refractivity contribution < 1.29 is 22.7 Å². The monoisotopic (exact) mass is 395 g/mol. The van der Waals surface area contributed by atoms with Gasteiger partial charge in [-0.05, 0) is 34.1 Å². The van der Waals surface area contributed by atoms with Crippen molar-refractivity contribution in [1.82, 2.24) is 0 Å². The van der Waals surface area contributed by atoms with E-state index in [4.69, 9.17) is 10.7 Å². The molecule has 1 amide bonds. The Kier molecular flexibility index (Phi) is 4.60. The van der Waals surface area contributed by atoms with Crippen LogP contribution < -0.4 is 4.90 Å². The van der Waals surface area contributed by atoms with Crippen molar-refractivity contribution in [2.24, 2.45) is 0 Å². The van der Waals surface area contributed by atoms with Crippen LogP contribution in [0.5, 0.6) is 0 Å². The van der Waals surface area contributed by atoms with Crippen molar-refractivity contribution in [1.29, 1.82) is 0 Å². The standard InChI is InChI=1S/C12H11BrClNO5S/c1-20-12(17)9-3-2-7(4-10(9)13)15-6-8(5-11(15)16)21(14,18)19/h2-4,8H,5-6H2,1H3. The molecule has 0 radical (unpaired) electrons. The molecule has 1 aliphatic heterocycles. The Balaban J connectivity index is 2.30. The average molecular weight is 397 g/mol. The van der Waals surface area contributed by atoms with Crippen LogP contribution in [-0.2, 0) is 18.6 Å². The first-order valence-electron chi connectivity index (χ1n) is 5.85. The molecule has 1 heterocycles. The Morgan fingerprint density at radius 2 is 2.14 bits per heavy atom. The van der Waals surface area contributed by atoms with E-state index in [-0.39, 0.29) is 18.9 Å². The molecule has 0 bridgehead atoms. The highest BCUT2D eigenvalue weighted by molar-refractivity contribution is 9.10. The zero-order valence-electron chi connectivity index (χ0n) is 10.9. The maximum absolute atomic E-state index is 11.9. The largest absolute Gasteiger partial charge is 0.465 e. The molecule has 1 unspecified atom stereocenters. The molecular weight excluding hydrogens is 386 g/mol. The lowest BCUT2D eigenvalue weighted by Crippen LogP contribution is -2.26. The van der Waals surface area contributed by atoms with E-state index >= 15 is 0 Å². The van der Waals surface area contributed by atoms with E-state index in [1.165, 1.54) is 18.1 Å². The number of halogens is 2. The number of hydrogen-bond acceptors (Lipinski definition) is 5. The molecule has 6 nitrogen and oxygen atoms in total. The van der Waals surface area contributed by atoms with E-state index in [1.807, 2.05) is 0 Å². The van der Waals surface area contributed by atoms with Crippen LogP contribution in [0.1, 0.15) is 16.8 Å². The highest BCUT2D eigenvalue weighted by atomic mass is 79.9. The van der Waals surface area contributed by atoms with Gasteiger partial charge in [0.1, 0.15) is 5.25 Å². The number of anilines is 1. The minimum atomic E-state index is -3.79. The number of methoxy groups -OCH3 is 1. The summed E-state index contributed by atoms with van der Waals surface area (Å²) in [5.74, 6) is -0.843.